The van der Waals surface area contributed by atoms with Gasteiger partial charge in [-0.05, 0) is 29.8 Å². The van der Waals surface area contributed by atoms with E-state index in [1.165, 1.54) is 23.6 Å². The standard InChI is InChI=1S/C15H11ClN2O2S/c16-10-3-1-9(2-4-10)8-18-14(20)13-7-11-12(19)5-6-17-15(11)21-13/h1-7H,8H2,(H,17,19)(H,18,20). The number of aromatic nitrogens is 1. The summed E-state index contributed by atoms with van der Waals surface area (Å²) in [6, 6.07) is 10.4. The Labute approximate surface area is 130 Å². The summed E-state index contributed by atoms with van der Waals surface area (Å²) in [6.45, 7) is 0.420. The summed E-state index contributed by atoms with van der Waals surface area (Å²) < 4.78 is 0. The molecule has 0 bridgehead atoms. The summed E-state index contributed by atoms with van der Waals surface area (Å²) in [6.07, 6.45) is 1.52. The van der Waals surface area contributed by atoms with Crippen LogP contribution in [-0.4, -0.2) is 16.0 Å². The van der Waals surface area contributed by atoms with Gasteiger partial charge in [-0.25, -0.2) is 4.98 Å². The number of rotatable bonds is 3. The van der Waals surface area contributed by atoms with Gasteiger partial charge in [0.25, 0.3) is 5.91 Å². The van der Waals surface area contributed by atoms with E-state index in [-0.39, 0.29) is 11.7 Å². The lowest BCUT2D eigenvalue weighted by atomic mass is 10.2. The minimum Gasteiger partial charge on any atom is -0.507 e. The van der Waals surface area contributed by atoms with Crippen molar-refractivity contribution in [1.82, 2.24) is 10.3 Å². The summed E-state index contributed by atoms with van der Waals surface area (Å²) >= 11 is 7.07. The Morgan fingerprint density at radius 3 is 2.76 bits per heavy atom. The lowest BCUT2D eigenvalue weighted by Crippen LogP contribution is -2.21. The maximum atomic E-state index is 12.1. The molecule has 4 nitrogen and oxygen atoms in total. The minimum absolute atomic E-state index is 0.132. The van der Waals surface area contributed by atoms with E-state index in [9.17, 15) is 9.90 Å². The van der Waals surface area contributed by atoms with Gasteiger partial charge in [0.2, 0.25) is 0 Å². The highest BCUT2D eigenvalue weighted by molar-refractivity contribution is 7.20. The van der Waals surface area contributed by atoms with Gasteiger partial charge in [0.05, 0.1) is 10.3 Å². The number of carbonyl (C=O) groups excluding carboxylic acids is 1. The predicted molar refractivity (Wildman–Crippen MR) is 83.9 cm³/mol. The van der Waals surface area contributed by atoms with Gasteiger partial charge in [-0.2, -0.15) is 0 Å². The number of nitrogens with zero attached hydrogens (tertiary/aromatic N) is 1. The zero-order chi connectivity index (χ0) is 14.8. The maximum absolute atomic E-state index is 12.1. The summed E-state index contributed by atoms with van der Waals surface area (Å²) in [5.41, 5.74) is 0.967. The van der Waals surface area contributed by atoms with Crippen molar-refractivity contribution < 1.29 is 9.90 Å². The molecule has 1 amide bonds. The first-order valence-corrected chi connectivity index (χ1v) is 7.43. The van der Waals surface area contributed by atoms with E-state index in [1.54, 1.807) is 18.2 Å². The average molecular weight is 319 g/mol. The lowest BCUT2D eigenvalue weighted by Gasteiger charge is -2.03. The molecular weight excluding hydrogens is 308 g/mol. The molecule has 2 heterocycles. The van der Waals surface area contributed by atoms with Gasteiger partial charge in [0.15, 0.2) is 0 Å². The predicted octanol–water partition coefficient (Wildman–Crippen LogP) is 3.59. The molecule has 0 spiro atoms. The van der Waals surface area contributed by atoms with Crippen molar-refractivity contribution in [1.29, 1.82) is 0 Å². The Bertz CT molecular complexity index is 799. The fourth-order valence-corrected chi connectivity index (χ4v) is 2.97. The van der Waals surface area contributed by atoms with Crippen molar-refractivity contribution in [3.8, 4) is 5.75 Å². The van der Waals surface area contributed by atoms with E-state index in [1.807, 2.05) is 12.1 Å². The van der Waals surface area contributed by atoms with Crippen molar-refractivity contribution >= 4 is 39.1 Å². The summed E-state index contributed by atoms with van der Waals surface area (Å²) in [5.74, 6) is -0.0552. The zero-order valence-corrected chi connectivity index (χ0v) is 12.4. The third-order valence-electron chi connectivity index (χ3n) is 3.00. The molecule has 3 rings (SSSR count). The SMILES string of the molecule is O=C(NCc1ccc(Cl)cc1)c1cc2c(O)ccnc2s1. The van der Waals surface area contributed by atoms with Crippen molar-refractivity contribution in [2.24, 2.45) is 0 Å². The highest BCUT2D eigenvalue weighted by atomic mass is 35.5. The second-order valence-corrected chi connectivity index (χ2v) is 5.94. The first kappa shape index (κ1) is 13.9. The molecule has 0 fully saturated rings. The van der Waals surface area contributed by atoms with Crippen LogP contribution in [0.15, 0.2) is 42.6 Å². The van der Waals surface area contributed by atoms with E-state index in [0.29, 0.717) is 26.7 Å². The largest absolute Gasteiger partial charge is 0.507 e. The molecule has 0 atom stereocenters. The maximum Gasteiger partial charge on any atom is 0.261 e. The van der Waals surface area contributed by atoms with Gasteiger partial charge in [-0.1, -0.05) is 23.7 Å². The van der Waals surface area contributed by atoms with Crippen LogP contribution in [0.4, 0.5) is 0 Å². The second kappa shape index (κ2) is 5.71. The number of hydrogen-bond acceptors (Lipinski definition) is 4. The topological polar surface area (TPSA) is 62.2 Å². The molecule has 0 saturated heterocycles. The molecule has 6 heteroatoms. The highest BCUT2D eigenvalue weighted by Crippen LogP contribution is 2.30. The molecular formula is C15H11ClN2O2S. The molecule has 21 heavy (non-hydrogen) atoms. The number of halogens is 1. The lowest BCUT2D eigenvalue weighted by molar-refractivity contribution is 0.0955. The van der Waals surface area contributed by atoms with Crippen molar-refractivity contribution in [2.75, 3.05) is 0 Å². The van der Waals surface area contributed by atoms with Crippen LogP contribution in [0.1, 0.15) is 15.2 Å². The van der Waals surface area contributed by atoms with Gasteiger partial charge in [-0.3, -0.25) is 4.79 Å². The number of pyridine rings is 1. The number of nitrogens with one attached hydrogen (secondary N) is 1. The highest BCUT2D eigenvalue weighted by Gasteiger charge is 2.12. The smallest absolute Gasteiger partial charge is 0.261 e. The van der Waals surface area contributed by atoms with Crippen molar-refractivity contribution in [2.45, 2.75) is 6.54 Å². The zero-order valence-electron chi connectivity index (χ0n) is 10.8. The number of thiophene rings is 1. The molecule has 0 aliphatic rings. The average Bonchev–Trinajstić information content (AvgIpc) is 2.92. The molecule has 3 aromatic rings. The third-order valence-corrected chi connectivity index (χ3v) is 4.30. The summed E-state index contributed by atoms with van der Waals surface area (Å²) in [4.78, 5) is 17.4. The Morgan fingerprint density at radius 2 is 2.05 bits per heavy atom. The minimum atomic E-state index is -0.188. The number of amides is 1. The summed E-state index contributed by atoms with van der Waals surface area (Å²) in [7, 11) is 0. The number of benzene rings is 1. The molecule has 106 valence electrons. The molecule has 0 saturated carbocycles. The molecule has 2 aromatic heterocycles. The van der Waals surface area contributed by atoms with Crippen LogP contribution in [0.25, 0.3) is 10.2 Å². The van der Waals surface area contributed by atoms with Gasteiger partial charge in [0, 0.05) is 17.8 Å². The van der Waals surface area contributed by atoms with Crippen LogP contribution in [0.5, 0.6) is 5.75 Å². The van der Waals surface area contributed by atoms with Crippen molar-refractivity contribution in [3.05, 3.63) is 58.1 Å². The van der Waals surface area contributed by atoms with Crippen LogP contribution in [0, 0.1) is 0 Å². The fourth-order valence-electron chi connectivity index (χ4n) is 1.91. The molecule has 0 aliphatic carbocycles. The quantitative estimate of drug-likeness (QED) is 0.776. The molecule has 0 aliphatic heterocycles. The molecule has 0 radical (unpaired) electrons. The number of carbonyl (C=O) groups is 1. The monoisotopic (exact) mass is 318 g/mol. The van der Waals surface area contributed by atoms with Gasteiger partial charge in [0.1, 0.15) is 10.6 Å². The van der Waals surface area contributed by atoms with E-state index in [0.717, 1.165) is 5.56 Å². The normalized spacial score (nSPS) is 10.7. The van der Waals surface area contributed by atoms with Gasteiger partial charge in [-0.15, -0.1) is 11.3 Å². The number of hydrogen-bond donors (Lipinski definition) is 2. The van der Waals surface area contributed by atoms with Gasteiger partial charge < -0.3 is 10.4 Å². The van der Waals surface area contributed by atoms with Crippen LogP contribution in [-0.2, 0) is 6.54 Å². The van der Waals surface area contributed by atoms with E-state index in [4.69, 9.17) is 11.6 Å². The van der Waals surface area contributed by atoms with Gasteiger partial charge >= 0.3 is 0 Å². The number of aromatic hydroxyl groups is 1. The first-order valence-electron chi connectivity index (χ1n) is 6.23. The number of fused-ring (bicyclic) bond motifs is 1. The Morgan fingerprint density at radius 1 is 1.29 bits per heavy atom. The van der Waals surface area contributed by atoms with E-state index >= 15 is 0 Å². The second-order valence-electron chi connectivity index (χ2n) is 4.47. The van der Waals surface area contributed by atoms with Crippen LogP contribution in [0.3, 0.4) is 0 Å². The first-order chi connectivity index (χ1) is 10.1. The van der Waals surface area contributed by atoms with Crippen LogP contribution < -0.4 is 5.32 Å². The molecule has 0 unspecified atom stereocenters. The van der Waals surface area contributed by atoms with E-state index in [2.05, 4.69) is 10.3 Å². The Balaban J connectivity index is 1.75. The molecule has 1 aromatic carbocycles. The Hall–Kier alpha value is -2.11. The Kier molecular flexibility index (Phi) is 3.77. The molecule has 2 N–H and O–H groups in total. The fraction of sp³-hybridized carbons (Fsp3) is 0.0667. The van der Waals surface area contributed by atoms with Crippen molar-refractivity contribution in [3.63, 3.8) is 0 Å². The van der Waals surface area contributed by atoms with Crippen LogP contribution >= 0.6 is 22.9 Å². The van der Waals surface area contributed by atoms with Crippen LogP contribution in [0.2, 0.25) is 5.02 Å². The summed E-state index contributed by atoms with van der Waals surface area (Å²) in [5, 5.41) is 13.8. The third kappa shape index (κ3) is 2.99. The van der Waals surface area contributed by atoms with E-state index < -0.39 is 0 Å².